The van der Waals surface area contributed by atoms with Crippen molar-refractivity contribution in [3.8, 4) is 0 Å². The second kappa shape index (κ2) is 25.8. The summed E-state index contributed by atoms with van der Waals surface area (Å²) in [5.74, 6) is -2.08. The molecule has 20 nitrogen and oxygen atoms in total. The summed E-state index contributed by atoms with van der Waals surface area (Å²) in [4.78, 5) is 84.1. The number of likely N-dealkylation sites (tertiary alicyclic amines) is 1. The quantitative estimate of drug-likeness (QED) is 0.143. The van der Waals surface area contributed by atoms with Gasteiger partial charge in [0.05, 0.1) is 31.2 Å². The number of ether oxygens (including phenoxy) is 3. The molecule has 5 aliphatic rings. The zero-order chi connectivity index (χ0) is 56.7. The minimum Gasteiger partial charge on any atom is -0.464 e. The number of allylic oxidation sites excluding steroid dienone is 1. The molecule has 3 N–H and O–H groups in total. The Bertz CT molecular complexity index is 2720. The molecule has 2 aromatic heterocycles. The van der Waals surface area contributed by atoms with Crippen molar-refractivity contribution in [2.45, 2.75) is 117 Å². The number of halogens is 2. The number of anilines is 1. The van der Waals surface area contributed by atoms with E-state index in [0.29, 0.717) is 64.7 Å². The predicted octanol–water partition coefficient (Wildman–Crippen LogP) is 6.74. The first-order chi connectivity index (χ1) is 37.8. The minimum atomic E-state index is -2.89. The number of fused-ring (bicyclic) bond motifs is 9. The summed E-state index contributed by atoms with van der Waals surface area (Å²) < 4.78 is 45.0. The maximum atomic E-state index is 15.0. The first-order valence-corrected chi connectivity index (χ1v) is 27.9. The van der Waals surface area contributed by atoms with Crippen LogP contribution < -0.4 is 16.1 Å². The van der Waals surface area contributed by atoms with Gasteiger partial charge in [0.1, 0.15) is 23.8 Å². The van der Waals surface area contributed by atoms with Crippen molar-refractivity contribution in [1.29, 1.82) is 0 Å². The number of nitrogens with zero attached hydrogens (tertiary/aromatic N) is 9. The minimum absolute atomic E-state index is 0.101. The molecule has 3 aromatic rings. The number of methoxy groups -OCH3 is 2. The summed E-state index contributed by atoms with van der Waals surface area (Å²) in [6.45, 7) is 15.2. The van der Waals surface area contributed by atoms with Gasteiger partial charge in [0, 0.05) is 103 Å². The van der Waals surface area contributed by atoms with Crippen LogP contribution in [0.25, 0.3) is 17.2 Å². The van der Waals surface area contributed by atoms with Crippen LogP contribution in [0.4, 0.5) is 24.1 Å². The van der Waals surface area contributed by atoms with Gasteiger partial charge in [-0.15, -0.1) is 5.10 Å². The zero-order valence-corrected chi connectivity index (χ0v) is 47.3. The number of amides is 5. The van der Waals surface area contributed by atoms with E-state index >= 15 is 0 Å². The van der Waals surface area contributed by atoms with Crippen LogP contribution in [0.15, 0.2) is 48.8 Å². The number of nitrogens with one attached hydrogen (secondary N) is 3. The summed E-state index contributed by atoms with van der Waals surface area (Å²) in [6.07, 6.45) is 7.59. The third-order valence-electron chi connectivity index (χ3n) is 16.1. The van der Waals surface area contributed by atoms with Crippen molar-refractivity contribution in [3.63, 3.8) is 0 Å². The first-order valence-electron chi connectivity index (χ1n) is 27.9. The fourth-order valence-electron chi connectivity index (χ4n) is 12.2. The normalized spacial score (nSPS) is 24.8. The van der Waals surface area contributed by atoms with E-state index in [4.69, 9.17) is 19.2 Å². The third kappa shape index (κ3) is 13.6. The number of rotatable bonds is 14. The van der Waals surface area contributed by atoms with Crippen LogP contribution in [-0.4, -0.2) is 185 Å². The Morgan fingerprint density at radius 3 is 2.47 bits per heavy atom. The van der Waals surface area contributed by atoms with Crippen LogP contribution >= 0.6 is 0 Å². The molecule has 0 spiro atoms. The van der Waals surface area contributed by atoms with Gasteiger partial charge in [0.15, 0.2) is 0 Å². The van der Waals surface area contributed by atoms with E-state index in [2.05, 4.69) is 82.4 Å². The highest BCUT2D eigenvalue weighted by molar-refractivity contribution is 5.93. The number of hydrogen-bond acceptors (Lipinski definition) is 14. The van der Waals surface area contributed by atoms with Gasteiger partial charge in [-0.2, -0.15) is 4.68 Å². The first kappa shape index (κ1) is 58.8. The Balaban J connectivity index is 1.06. The lowest BCUT2D eigenvalue weighted by Gasteiger charge is -2.45. The monoisotopic (exact) mass is 1100 g/mol. The second-order valence-electron chi connectivity index (χ2n) is 22.8. The molecule has 7 atom stereocenters. The van der Waals surface area contributed by atoms with Crippen LogP contribution in [0.5, 0.6) is 0 Å². The number of carbonyl (C=O) groups excluding carboxylic acids is 5. The van der Waals surface area contributed by atoms with Crippen molar-refractivity contribution in [3.05, 3.63) is 76.9 Å². The molecule has 22 heteroatoms. The average molecular weight is 1100 g/mol. The molecule has 6 heterocycles. The summed E-state index contributed by atoms with van der Waals surface area (Å²) in [7, 11) is 4.78. The molecule has 3 unspecified atom stereocenters. The topological polar surface area (TPSA) is 209 Å². The SMILES string of the molecule is CCNc1ccc2cc1/C(=C/c1cccnc1[C@H](C)OC)CC(C)(C)COC(=O)[C@@H]1CCCN(N1)C(=O)[C@@H](NC(=O)[C@H](C(C)C)N(C)C(=O)N1CC3CCC(C1)C3N(CCOC)C(=O)n1cc(C(F)F)nn1)CN1CCC=C2C1. The lowest BCUT2D eigenvalue weighted by Crippen LogP contribution is -2.64. The van der Waals surface area contributed by atoms with Crippen molar-refractivity contribution in [2.75, 3.05) is 92.2 Å². The van der Waals surface area contributed by atoms with Crippen LogP contribution in [0, 0.1) is 23.2 Å². The van der Waals surface area contributed by atoms with Crippen LogP contribution in [0.1, 0.15) is 121 Å². The van der Waals surface area contributed by atoms with Crippen molar-refractivity contribution in [2.24, 2.45) is 23.2 Å². The maximum Gasteiger partial charge on any atom is 0.346 e. The summed E-state index contributed by atoms with van der Waals surface area (Å²) in [5, 5.41) is 15.3. The summed E-state index contributed by atoms with van der Waals surface area (Å²) in [6, 6.07) is 6.20. The van der Waals surface area contributed by atoms with Gasteiger partial charge in [0.2, 0.25) is 5.91 Å². The molecule has 0 radical (unpaired) electrons. The molecule has 8 bridgehead atoms. The van der Waals surface area contributed by atoms with E-state index in [1.165, 1.54) is 17.0 Å². The summed E-state index contributed by atoms with van der Waals surface area (Å²) in [5.41, 5.74) is 8.80. The van der Waals surface area contributed by atoms with Crippen molar-refractivity contribution in [1.82, 2.24) is 55.3 Å². The van der Waals surface area contributed by atoms with Gasteiger partial charge >= 0.3 is 18.0 Å². The number of cyclic esters (lactones) is 1. The molecule has 4 aliphatic heterocycles. The van der Waals surface area contributed by atoms with Gasteiger partial charge in [0.25, 0.3) is 12.3 Å². The number of aromatic nitrogens is 4. The molecule has 2 saturated heterocycles. The lowest BCUT2D eigenvalue weighted by atomic mass is 9.82. The number of alkyl halides is 2. The van der Waals surface area contributed by atoms with E-state index in [1.54, 1.807) is 30.2 Å². The second-order valence-corrected chi connectivity index (χ2v) is 22.8. The van der Waals surface area contributed by atoms with E-state index in [1.807, 2.05) is 32.9 Å². The average Bonchev–Trinajstić information content (AvgIpc) is 4.09. The molecule has 430 valence electrons. The van der Waals surface area contributed by atoms with Gasteiger partial charge < -0.3 is 39.5 Å². The van der Waals surface area contributed by atoms with Crippen molar-refractivity contribution < 1.29 is 47.0 Å². The van der Waals surface area contributed by atoms with Crippen LogP contribution in [0.3, 0.4) is 0 Å². The number of urea groups is 1. The fraction of sp³-hybridized carbons (Fsp3) is 0.614. The molecule has 3 fully saturated rings. The van der Waals surface area contributed by atoms with E-state index in [-0.39, 0.29) is 75.3 Å². The molecule has 1 saturated carbocycles. The van der Waals surface area contributed by atoms with Gasteiger partial charge in [-0.3, -0.25) is 29.3 Å². The number of carbonyl (C=O) groups is 5. The Hall–Kier alpha value is -6.36. The standard InChI is InChI=1S/C57H80F2N12O8/c1-10-60-44-20-19-37-27-43(44)42(26-38-14-11-21-61-48(38)36(4)78-9)28-57(5,6)34-79-54(74)45-16-13-23-70(64-45)53(73)47(32-67-22-12-15-39(37)29-67)62-52(72)49(35(2)3)66(7)55(75)68-30-40-17-18-41(31-68)50(40)69(24-25-77-8)56(76)71-33-46(51(58)59)63-65-71/h11,14-15,19-21,26-27,33,35-36,40-41,45,47,49-51,60,64H,10,12-13,16-18,22-25,28-32,34H2,1-9H3,(H,62,72)/b42-26+/t36-,40?,41?,45-,47-,49-,50?/m0/s1. The number of piperidine rings is 1. The number of likely N-dealkylation sites (N-methyl/N-ethyl adjacent to an activating group) is 1. The number of benzene rings is 1. The van der Waals surface area contributed by atoms with Crippen LogP contribution in [-0.2, 0) is 28.6 Å². The number of hydrazine groups is 1. The molecule has 79 heavy (non-hydrogen) atoms. The smallest absolute Gasteiger partial charge is 0.346 e. The Kier molecular flexibility index (Phi) is 19.2. The van der Waals surface area contributed by atoms with E-state index in [9.17, 15) is 32.8 Å². The Morgan fingerprint density at radius 2 is 1.78 bits per heavy atom. The third-order valence-corrected chi connectivity index (χ3v) is 16.1. The Labute approximate surface area is 462 Å². The molecule has 8 rings (SSSR count). The van der Waals surface area contributed by atoms with E-state index in [0.717, 1.165) is 50.1 Å². The molecule has 1 aliphatic carbocycles. The number of pyridine rings is 1. The zero-order valence-electron chi connectivity index (χ0n) is 47.3. The molecular formula is C57H80F2N12O8. The highest BCUT2D eigenvalue weighted by Gasteiger charge is 2.49. The molecule has 1 aromatic carbocycles. The molecule has 5 amide bonds. The van der Waals surface area contributed by atoms with Gasteiger partial charge in [-0.05, 0) is 117 Å². The fourth-order valence-corrected chi connectivity index (χ4v) is 12.2. The highest BCUT2D eigenvalue weighted by Crippen LogP contribution is 2.42. The Morgan fingerprint density at radius 1 is 1.03 bits per heavy atom. The summed E-state index contributed by atoms with van der Waals surface area (Å²) >= 11 is 0. The predicted molar refractivity (Wildman–Crippen MR) is 294 cm³/mol. The number of esters is 1. The van der Waals surface area contributed by atoms with Crippen molar-refractivity contribution >= 4 is 52.8 Å². The van der Waals surface area contributed by atoms with Gasteiger partial charge in [-0.1, -0.05) is 51.1 Å². The largest absolute Gasteiger partial charge is 0.464 e. The number of hydrogen-bond donors (Lipinski definition) is 3. The maximum absolute atomic E-state index is 15.0. The highest BCUT2D eigenvalue weighted by atomic mass is 19.3. The van der Waals surface area contributed by atoms with E-state index < -0.39 is 59.5 Å². The van der Waals surface area contributed by atoms with Gasteiger partial charge in [-0.25, -0.2) is 23.8 Å². The lowest BCUT2D eigenvalue weighted by molar-refractivity contribution is -0.155. The van der Waals surface area contributed by atoms with Crippen LogP contribution in [0.2, 0.25) is 0 Å². The molecular weight excluding hydrogens is 1020 g/mol.